The van der Waals surface area contributed by atoms with Gasteiger partial charge in [0.1, 0.15) is 48.8 Å². The fourth-order valence-electron chi connectivity index (χ4n) is 8.30. The van der Waals surface area contributed by atoms with E-state index < -0.39 is 86.8 Å². The summed E-state index contributed by atoms with van der Waals surface area (Å²) < 4.78 is 22.6. The molecule has 0 radical (unpaired) electrons. The van der Waals surface area contributed by atoms with Crippen LogP contribution in [-0.2, 0) is 23.7 Å². The van der Waals surface area contributed by atoms with Gasteiger partial charge in [0.2, 0.25) is 5.91 Å². The van der Waals surface area contributed by atoms with Gasteiger partial charge >= 0.3 is 0 Å². The lowest BCUT2D eigenvalue weighted by atomic mass is 9.97. The summed E-state index contributed by atoms with van der Waals surface area (Å²) in [5, 5.41) is 86.3. The van der Waals surface area contributed by atoms with Crippen molar-refractivity contribution in [3.05, 3.63) is 0 Å². The standard InChI is InChI=1S/C46H89NO13/c1-3-5-7-9-10-11-12-13-14-15-16-17-18-19-20-21-22-23-24-25-26-27-29-35(50)34(47-38(51)30-28-8-6-4-2)33-57-45-43(56)41(54)44(37(32-49)59-45)60-46-42(55)40(53)39(52)36(31-48)58-46/h34-37,39-46,48-50,52-56H,3-33H2,1-2H3,(H,47,51). The van der Waals surface area contributed by atoms with Crippen molar-refractivity contribution in [2.75, 3.05) is 19.8 Å². The predicted molar refractivity (Wildman–Crippen MR) is 231 cm³/mol. The maximum Gasteiger partial charge on any atom is 0.220 e. The van der Waals surface area contributed by atoms with Gasteiger partial charge in [-0.15, -0.1) is 0 Å². The predicted octanol–water partition coefficient (Wildman–Crippen LogP) is 5.44. The maximum atomic E-state index is 12.9. The first-order chi connectivity index (χ1) is 29.1. The molecule has 2 aliphatic heterocycles. The first-order valence-electron chi connectivity index (χ1n) is 24.3. The highest BCUT2D eigenvalue weighted by Gasteiger charge is 2.51. The summed E-state index contributed by atoms with van der Waals surface area (Å²) in [5.41, 5.74) is 0. The molecule has 0 aromatic heterocycles. The molecule has 2 heterocycles. The topological polar surface area (TPSA) is 228 Å². The number of hydrogen-bond acceptors (Lipinski definition) is 13. The van der Waals surface area contributed by atoms with E-state index in [1.165, 1.54) is 116 Å². The molecule has 60 heavy (non-hydrogen) atoms. The number of unbranched alkanes of at least 4 members (excludes halogenated alkanes) is 24. The number of ether oxygens (including phenoxy) is 4. The minimum absolute atomic E-state index is 0.223. The van der Waals surface area contributed by atoms with Crippen molar-refractivity contribution in [1.29, 1.82) is 0 Å². The van der Waals surface area contributed by atoms with Crippen LogP contribution in [0.3, 0.4) is 0 Å². The molecule has 0 aliphatic carbocycles. The van der Waals surface area contributed by atoms with Crippen LogP contribution in [0.4, 0.5) is 0 Å². The Bertz CT molecular complexity index is 1020. The summed E-state index contributed by atoms with van der Waals surface area (Å²) in [6.45, 7) is 2.72. The molecule has 356 valence electrons. The summed E-state index contributed by atoms with van der Waals surface area (Å²) in [5.74, 6) is -0.223. The molecule has 2 aliphatic rings. The fourth-order valence-corrected chi connectivity index (χ4v) is 8.30. The van der Waals surface area contributed by atoms with E-state index in [0.29, 0.717) is 19.3 Å². The minimum atomic E-state index is -1.78. The lowest BCUT2D eigenvalue weighted by Crippen LogP contribution is -2.65. The Labute approximate surface area is 362 Å². The zero-order valence-electron chi connectivity index (χ0n) is 37.5. The number of aliphatic hydroxyl groups is 8. The molecule has 14 nitrogen and oxygen atoms in total. The van der Waals surface area contributed by atoms with Gasteiger partial charge in [-0.3, -0.25) is 4.79 Å². The van der Waals surface area contributed by atoms with Gasteiger partial charge in [-0.1, -0.05) is 174 Å². The van der Waals surface area contributed by atoms with Crippen LogP contribution in [0, 0.1) is 0 Å². The van der Waals surface area contributed by atoms with Gasteiger partial charge in [-0.05, 0) is 12.8 Å². The van der Waals surface area contributed by atoms with Gasteiger partial charge in [0, 0.05) is 6.42 Å². The quantitative estimate of drug-likeness (QED) is 0.0356. The molecule has 12 unspecified atom stereocenters. The van der Waals surface area contributed by atoms with E-state index in [4.69, 9.17) is 18.9 Å². The van der Waals surface area contributed by atoms with Gasteiger partial charge in [-0.25, -0.2) is 0 Å². The highest BCUT2D eigenvalue weighted by molar-refractivity contribution is 5.76. The van der Waals surface area contributed by atoms with Gasteiger partial charge < -0.3 is 65.1 Å². The van der Waals surface area contributed by atoms with Crippen LogP contribution in [0.15, 0.2) is 0 Å². The smallest absolute Gasteiger partial charge is 0.220 e. The SMILES string of the molecule is CCCCCCCCCCCCCCCCCCCCCCCCC(O)C(COC1OC(CO)C(OC2OC(CO)C(O)C(O)C2O)C(O)C1O)NC(=O)CCCCCC. The van der Waals surface area contributed by atoms with Crippen molar-refractivity contribution in [1.82, 2.24) is 5.32 Å². The molecule has 0 aromatic carbocycles. The average Bonchev–Trinajstić information content (AvgIpc) is 3.24. The van der Waals surface area contributed by atoms with Crippen LogP contribution < -0.4 is 5.32 Å². The zero-order chi connectivity index (χ0) is 44.0. The van der Waals surface area contributed by atoms with Gasteiger partial charge in [0.05, 0.1) is 32.0 Å². The third-order valence-corrected chi connectivity index (χ3v) is 12.3. The molecule has 0 bridgehead atoms. The first kappa shape index (κ1) is 55.1. The van der Waals surface area contributed by atoms with Crippen molar-refractivity contribution >= 4 is 5.91 Å². The molecule has 2 fully saturated rings. The number of nitrogens with one attached hydrogen (secondary N) is 1. The highest BCUT2D eigenvalue weighted by Crippen LogP contribution is 2.30. The zero-order valence-corrected chi connectivity index (χ0v) is 37.5. The highest BCUT2D eigenvalue weighted by atomic mass is 16.7. The van der Waals surface area contributed by atoms with E-state index in [0.717, 1.165) is 44.9 Å². The second-order valence-electron chi connectivity index (χ2n) is 17.6. The van der Waals surface area contributed by atoms with Crippen molar-refractivity contribution in [3.8, 4) is 0 Å². The number of aliphatic hydroxyl groups excluding tert-OH is 8. The second kappa shape index (κ2) is 34.4. The Morgan fingerprint density at radius 2 is 0.950 bits per heavy atom. The van der Waals surface area contributed by atoms with Crippen LogP contribution in [0.1, 0.15) is 194 Å². The summed E-state index contributed by atoms with van der Waals surface area (Å²) in [7, 11) is 0. The number of amides is 1. The first-order valence-corrected chi connectivity index (χ1v) is 24.3. The second-order valence-corrected chi connectivity index (χ2v) is 17.6. The molecule has 9 N–H and O–H groups in total. The van der Waals surface area contributed by atoms with Gasteiger partial charge in [0.15, 0.2) is 12.6 Å². The lowest BCUT2D eigenvalue weighted by molar-refractivity contribution is -0.359. The normalized spacial score (nSPS) is 28.2. The molecular weight excluding hydrogens is 775 g/mol. The third-order valence-electron chi connectivity index (χ3n) is 12.3. The molecule has 14 heteroatoms. The summed E-state index contributed by atoms with van der Waals surface area (Å²) in [4.78, 5) is 12.9. The summed E-state index contributed by atoms with van der Waals surface area (Å²) >= 11 is 0. The van der Waals surface area contributed by atoms with Crippen molar-refractivity contribution in [2.24, 2.45) is 0 Å². The minimum Gasteiger partial charge on any atom is -0.394 e. The molecule has 2 rings (SSSR count). The Hall–Kier alpha value is -1.01. The molecule has 12 atom stereocenters. The molecular formula is C46H89NO13. The average molecular weight is 864 g/mol. The lowest BCUT2D eigenvalue weighted by Gasteiger charge is -2.46. The molecule has 2 saturated heterocycles. The number of carbonyl (C=O) groups excluding carboxylic acids is 1. The van der Waals surface area contributed by atoms with Gasteiger partial charge in [-0.2, -0.15) is 0 Å². The molecule has 0 aromatic rings. The Morgan fingerprint density at radius 3 is 1.42 bits per heavy atom. The number of rotatable bonds is 37. The van der Waals surface area contributed by atoms with E-state index in [-0.39, 0.29) is 12.5 Å². The van der Waals surface area contributed by atoms with Crippen LogP contribution in [-0.4, -0.2) is 140 Å². The largest absolute Gasteiger partial charge is 0.394 e. The van der Waals surface area contributed by atoms with E-state index in [1.54, 1.807) is 0 Å². The number of carbonyl (C=O) groups is 1. The van der Waals surface area contributed by atoms with Crippen LogP contribution in [0.5, 0.6) is 0 Å². The molecule has 0 spiro atoms. The van der Waals surface area contributed by atoms with Crippen LogP contribution >= 0.6 is 0 Å². The Balaban J connectivity index is 1.70. The Kier molecular flexibility index (Phi) is 31.6. The van der Waals surface area contributed by atoms with Crippen molar-refractivity contribution < 1.29 is 64.6 Å². The molecule has 1 amide bonds. The maximum absolute atomic E-state index is 12.9. The van der Waals surface area contributed by atoms with Crippen LogP contribution in [0.25, 0.3) is 0 Å². The van der Waals surface area contributed by atoms with E-state index in [2.05, 4.69) is 19.2 Å². The van der Waals surface area contributed by atoms with Crippen LogP contribution in [0.2, 0.25) is 0 Å². The summed E-state index contributed by atoms with van der Waals surface area (Å²) in [6, 6.07) is -0.817. The van der Waals surface area contributed by atoms with Crippen molar-refractivity contribution in [2.45, 2.75) is 267 Å². The summed E-state index contributed by atoms with van der Waals surface area (Å²) in [6.07, 6.45) is 16.2. The number of hydrogen-bond donors (Lipinski definition) is 9. The fraction of sp³-hybridized carbons (Fsp3) is 0.978. The van der Waals surface area contributed by atoms with E-state index in [1.807, 2.05) is 0 Å². The van der Waals surface area contributed by atoms with Gasteiger partial charge in [0.25, 0.3) is 0 Å². The molecule has 0 saturated carbocycles. The third kappa shape index (κ3) is 22.1. The van der Waals surface area contributed by atoms with E-state index >= 15 is 0 Å². The van der Waals surface area contributed by atoms with E-state index in [9.17, 15) is 45.6 Å². The van der Waals surface area contributed by atoms with Crippen molar-refractivity contribution in [3.63, 3.8) is 0 Å². The Morgan fingerprint density at radius 1 is 0.533 bits per heavy atom. The monoisotopic (exact) mass is 864 g/mol.